The van der Waals surface area contributed by atoms with Gasteiger partial charge in [0.05, 0.1) is 0 Å². The van der Waals surface area contributed by atoms with Crippen molar-refractivity contribution in [1.29, 1.82) is 0 Å². The highest BCUT2D eigenvalue weighted by molar-refractivity contribution is 6.04. The van der Waals surface area contributed by atoms with Crippen LogP contribution in [0.25, 0.3) is 0 Å². The van der Waals surface area contributed by atoms with E-state index in [2.05, 4.69) is 10.3 Å². The average Bonchev–Trinajstić information content (AvgIpc) is 3.05. The van der Waals surface area contributed by atoms with Gasteiger partial charge in [-0.2, -0.15) is 0 Å². The molecule has 2 atom stereocenters. The number of carboxylic acid groups (broad SMARTS) is 1. The van der Waals surface area contributed by atoms with E-state index in [4.69, 9.17) is 9.47 Å². The summed E-state index contributed by atoms with van der Waals surface area (Å²) in [5.74, 6) is -1.47. The van der Waals surface area contributed by atoms with Gasteiger partial charge in [0, 0.05) is 25.8 Å². The van der Waals surface area contributed by atoms with Crippen molar-refractivity contribution in [1.82, 2.24) is 10.3 Å². The Balaban J connectivity index is 1.90. The van der Waals surface area contributed by atoms with Crippen LogP contribution >= 0.6 is 0 Å². The van der Waals surface area contributed by atoms with Crippen LogP contribution in [0.5, 0.6) is 0 Å². The van der Waals surface area contributed by atoms with Crippen molar-refractivity contribution >= 4 is 23.8 Å². The van der Waals surface area contributed by atoms with Gasteiger partial charge in [-0.25, -0.2) is 14.6 Å². The zero-order chi connectivity index (χ0) is 21.2. The normalized spacial score (nSPS) is 20.7. The minimum Gasteiger partial charge on any atom is -0.480 e. The molecule has 2 aliphatic rings. The van der Waals surface area contributed by atoms with Gasteiger partial charge >= 0.3 is 12.1 Å². The molecule has 0 aliphatic carbocycles. The van der Waals surface area contributed by atoms with E-state index in [0.717, 1.165) is 0 Å². The van der Waals surface area contributed by atoms with E-state index in [0.29, 0.717) is 37.4 Å². The smallest absolute Gasteiger partial charge is 0.408 e. The number of hydrogen-bond acceptors (Lipinski definition) is 6. The molecule has 1 aromatic rings. The highest BCUT2D eigenvalue weighted by Gasteiger charge is 2.44. The Bertz CT molecular complexity index is 785. The van der Waals surface area contributed by atoms with E-state index in [-0.39, 0.29) is 12.3 Å². The van der Waals surface area contributed by atoms with Gasteiger partial charge in [-0.05, 0) is 51.2 Å². The number of carboxylic acids is 1. The summed E-state index contributed by atoms with van der Waals surface area (Å²) in [6, 6.07) is 1.48. The summed E-state index contributed by atoms with van der Waals surface area (Å²) in [4.78, 5) is 43.2. The first kappa shape index (κ1) is 21.0. The number of pyridine rings is 1. The average molecular weight is 405 g/mol. The Morgan fingerprint density at radius 1 is 1.31 bits per heavy atom. The van der Waals surface area contributed by atoms with Gasteiger partial charge in [0.15, 0.2) is 0 Å². The Hall–Kier alpha value is -2.68. The van der Waals surface area contributed by atoms with Gasteiger partial charge in [0.25, 0.3) is 5.91 Å². The molecule has 2 amide bonds. The number of ether oxygens (including phenoxy) is 2. The Morgan fingerprint density at radius 2 is 2.00 bits per heavy atom. The van der Waals surface area contributed by atoms with Crippen molar-refractivity contribution in [2.75, 3.05) is 18.1 Å². The van der Waals surface area contributed by atoms with E-state index in [9.17, 15) is 19.5 Å². The van der Waals surface area contributed by atoms with Crippen molar-refractivity contribution in [3.8, 4) is 0 Å². The Morgan fingerprint density at radius 3 is 2.62 bits per heavy atom. The number of carbonyl (C=O) groups is 3. The Kier molecular flexibility index (Phi) is 6.07. The van der Waals surface area contributed by atoms with E-state index in [1.54, 1.807) is 32.9 Å². The predicted octanol–water partition coefficient (Wildman–Crippen LogP) is 1.74. The lowest BCUT2D eigenvalue weighted by Crippen LogP contribution is -2.57. The summed E-state index contributed by atoms with van der Waals surface area (Å²) in [5, 5.41) is 12.4. The number of nitrogens with zero attached hydrogens (tertiary/aromatic N) is 2. The van der Waals surface area contributed by atoms with Crippen molar-refractivity contribution in [2.24, 2.45) is 5.92 Å². The maximum atomic E-state index is 13.5. The number of hydrogen-bond donors (Lipinski definition) is 2. The number of carbonyl (C=O) groups excluding carboxylic acids is 2. The molecule has 1 saturated heterocycles. The zero-order valence-electron chi connectivity index (χ0n) is 16.9. The van der Waals surface area contributed by atoms with Crippen molar-refractivity contribution < 1.29 is 29.0 Å². The minimum atomic E-state index is -1.11. The summed E-state index contributed by atoms with van der Waals surface area (Å²) >= 11 is 0. The van der Waals surface area contributed by atoms with Crippen LogP contribution in [0.1, 0.15) is 39.2 Å². The Labute approximate surface area is 169 Å². The standard InChI is InChI=1S/C20H27N3O6/c1-20(2,3)29-19(27)22-15(12-6-9-28-10-7-12)17(24)23-14(18(25)26)11-13-5-4-8-21-16(13)23/h4-5,8,12,14-15H,6-7,9-11H2,1-3H3,(H,22,27)(H,25,26)/t14?,15-/m0/s1. The topological polar surface area (TPSA) is 118 Å². The van der Waals surface area contributed by atoms with Gasteiger partial charge in [0.2, 0.25) is 0 Å². The first-order chi connectivity index (χ1) is 13.7. The van der Waals surface area contributed by atoms with E-state index in [1.807, 2.05) is 0 Å². The second kappa shape index (κ2) is 8.36. The molecule has 29 heavy (non-hydrogen) atoms. The third-order valence-electron chi connectivity index (χ3n) is 5.02. The zero-order valence-corrected chi connectivity index (χ0v) is 16.9. The van der Waals surface area contributed by atoms with Crippen LogP contribution in [0.15, 0.2) is 18.3 Å². The van der Waals surface area contributed by atoms with Gasteiger partial charge < -0.3 is 19.9 Å². The maximum absolute atomic E-state index is 13.5. The summed E-state index contributed by atoms with van der Waals surface area (Å²) < 4.78 is 10.7. The lowest BCUT2D eigenvalue weighted by molar-refractivity contribution is -0.140. The number of aliphatic carboxylic acids is 1. The largest absolute Gasteiger partial charge is 0.480 e. The number of aromatic nitrogens is 1. The predicted molar refractivity (Wildman–Crippen MR) is 104 cm³/mol. The van der Waals surface area contributed by atoms with Gasteiger partial charge in [0.1, 0.15) is 23.5 Å². The molecule has 1 unspecified atom stereocenters. The number of rotatable bonds is 4. The maximum Gasteiger partial charge on any atom is 0.408 e. The molecular weight excluding hydrogens is 378 g/mol. The fraction of sp³-hybridized carbons (Fsp3) is 0.600. The first-order valence-corrected chi connectivity index (χ1v) is 9.74. The van der Waals surface area contributed by atoms with Crippen molar-refractivity contribution in [3.63, 3.8) is 0 Å². The molecule has 9 nitrogen and oxygen atoms in total. The summed E-state index contributed by atoms with van der Waals surface area (Å²) in [6.07, 6.45) is 2.14. The molecule has 1 aromatic heterocycles. The van der Waals surface area contributed by atoms with Gasteiger partial charge in [-0.3, -0.25) is 9.69 Å². The molecule has 2 aliphatic heterocycles. The lowest BCUT2D eigenvalue weighted by Gasteiger charge is -2.34. The number of alkyl carbamates (subject to hydrolysis) is 1. The highest BCUT2D eigenvalue weighted by atomic mass is 16.6. The van der Waals surface area contributed by atoms with Crippen LogP contribution in [0.3, 0.4) is 0 Å². The molecule has 0 radical (unpaired) electrons. The van der Waals surface area contributed by atoms with Gasteiger partial charge in [-0.15, -0.1) is 0 Å². The van der Waals surface area contributed by atoms with Crippen LogP contribution in [0.2, 0.25) is 0 Å². The van der Waals surface area contributed by atoms with E-state index >= 15 is 0 Å². The summed E-state index contributed by atoms with van der Waals surface area (Å²) in [7, 11) is 0. The quantitative estimate of drug-likeness (QED) is 0.783. The van der Waals surface area contributed by atoms with Crippen molar-refractivity contribution in [3.05, 3.63) is 23.9 Å². The summed E-state index contributed by atoms with van der Waals surface area (Å²) in [5.41, 5.74) is -0.0325. The molecule has 3 rings (SSSR count). The molecule has 158 valence electrons. The van der Waals surface area contributed by atoms with Crippen molar-refractivity contribution in [2.45, 2.75) is 57.7 Å². The van der Waals surface area contributed by atoms with E-state index < -0.39 is 35.7 Å². The number of amides is 2. The van der Waals surface area contributed by atoms with Crippen LogP contribution in [0, 0.1) is 5.92 Å². The van der Waals surface area contributed by atoms with Crippen LogP contribution in [-0.4, -0.2) is 59.0 Å². The fourth-order valence-electron chi connectivity index (χ4n) is 3.72. The number of nitrogens with one attached hydrogen (secondary N) is 1. The second-order valence-corrected chi connectivity index (χ2v) is 8.33. The fourth-order valence-corrected chi connectivity index (χ4v) is 3.72. The van der Waals surface area contributed by atoms with Gasteiger partial charge in [-0.1, -0.05) is 6.07 Å². The minimum absolute atomic E-state index is 0.178. The summed E-state index contributed by atoms with van der Waals surface area (Å²) in [6.45, 7) is 6.15. The second-order valence-electron chi connectivity index (χ2n) is 8.33. The van der Waals surface area contributed by atoms with Crippen LogP contribution < -0.4 is 10.2 Å². The molecule has 0 bridgehead atoms. The molecule has 0 saturated carbocycles. The first-order valence-electron chi connectivity index (χ1n) is 9.74. The van der Waals surface area contributed by atoms with E-state index in [1.165, 1.54) is 11.1 Å². The van der Waals surface area contributed by atoms with Crippen LogP contribution in [0.4, 0.5) is 10.6 Å². The molecule has 2 N–H and O–H groups in total. The number of fused-ring (bicyclic) bond motifs is 1. The highest BCUT2D eigenvalue weighted by Crippen LogP contribution is 2.32. The molecule has 0 aromatic carbocycles. The molecule has 9 heteroatoms. The molecule has 1 fully saturated rings. The lowest BCUT2D eigenvalue weighted by atomic mass is 9.90. The third-order valence-corrected chi connectivity index (χ3v) is 5.02. The molecule has 0 spiro atoms. The SMILES string of the molecule is CC(C)(C)OC(=O)N[C@H](C(=O)N1c2ncccc2CC1C(=O)O)C1CCOCC1. The third kappa shape index (κ3) is 4.84. The van der Waals surface area contributed by atoms with Crippen LogP contribution in [-0.2, 0) is 25.5 Å². The monoisotopic (exact) mass is 405 g/mol. The molecular formula is C20H27N3O6. The number of anilines is 1. The molecule has 3 heterocycles.